The minimum atomic E-state index is -2.91. The van der Waals surface area contributed by atoms with Crippen LogP contribution in [0.5, 0.6) is 0 Å². The molecule has 0 saturated carbocycles. The van der Waals surface area contributed by atoms with Crippen molar-refractivity contribution in [2.24, 2.45) is 5.73 Å². The van der Waals surface area contributed by atoms with E-state index in [-0.39, 0.29) is 5.69 Å². The van der Waals surface area contributed by atoms with E-state index in [1.54, 1.807) is 0 Å². The quantitative estimate of drug-likeness (QED) is 0.459. The first kappa shape index (κ1) is 12.8. The van der Waals surface area contributed by atoms with Gasteiger partial charge in [-0.15, -0.1) is 5.92 Å². The number of aryl methyl sites for hydroxylation is 1. The third-order valence-electron chi connectivity index (χ3n) is 3.33. The van der Waals surface area contributed by atoms with E-state index in [4.69, 9.17) is 13.2 Å². The fraction of sp³-hybridized carbons (Fsp3) is 0.538. The summed E-state index contributed by atoms with van der Waals surface area (Å²) in [5.41, 5.74) is 2.93. The highest BCUT2D eigenvalue weighted by Crippen LogP contribution is 2.35. The van der Waals surface area contributed by atoms with Crippen molar-refractivity contribution < 1.29 is 17.7 Å². The molecule has 0 aliphatic carbocycles. The lowest BCUT2D eigenvalue weighted by Gasteiger charge is -2.28. The van der Waals surface area contributed by atoms with Crippen molar-refractivity contribution in [3.8, 4) is 11.8 Å². The molecule has 8 heteroatoms. The van der Waals surface area contributed by atoms with Crippen molar-refractivity contribution in [1.82, 2.24) is 9.55 Å². The van der Waals surface area contributed by atoms with E-state index in [9.17, 15) is 19.8 Å². The van der Waals surface area contributed by atoms with Gasteiger partial charge in [0.2, 0.25) is 0 Å². The molecule has 1 aromatic rings. The molecule has 2 heterocycles. The van der Waals surface area contributed by atoms with E-state index in [0.29, 0.717) is 0 Å². The zero-order valence-corrected chi connectivity index (χ0v) is 11.5. The first-order chi connectivity index (χ1) is 10.5. The van der Waals surface area contributed by atoms with Crippen LogP contribution in [0.25, 0.3) is 0 Å². The average molecular weight is 297 g/mol. The first-order valence-electron chi connectivity index (χ1n) is 7.13. The molecular weight excluding hydrogens is 278 g/mol. The molecule has 2 rings (SSSR count). The van der Waals surface area contributed by atoms with E-state index in [0.717, 1.165) is 10.6 Å². The maximum atomic E-state index is 12.1. The molecule has 0 aromatic carbocycles. The zero-order chi connectivity index (χ0) is 17.6. The van der Waals surface area contributed by atoms with Gasteiger partial charge in [0.05, 0.1) is 9.30 Å². The average Bonchev–Trinajstić information content (AvgIpc) is 2.63. The number of hydrogen-bond acceptors (Lipinski definition) is 6. The van der Waals surface area contributed by atoms with Gasteiger partial charge in [-0.3, -0.25) is 14.3 Å². The molecule has 21 heavy (non-hydrogen) atoms. The van der Waals surface area contributed by atoms with Crippen molar-refractivity contribution in [1.29, 1.82) is 0 Å². The molecule has 1 aliphatic heterocycles. The van der Waals surface area contributed by atoms with Crippen molar-refractivity contribution in [3.05, 3.63) is 32.6 Å². The summed E-state index contributed by atoms with van der Waals surface area (Å²) in [7, 11) is 0. The SMILES string of the molecule is [2H]C([2H])(O)[C@H]1O[C@@H](n2c(C)cc(=O)[nH]c2=O)[C@@](N)(C#CC)C1O. The molecule has 1 saturated heterocycles. The fourth-order valence-electron chi connectivity index (χ4n) is 2.36. The van der Waals surface area contributed by atoms with Crippen molar-refractivity contribution in [2.75, 3.05) is 6.56 Å². The van der Waals surface area contributed by atoms with Crippen LogP contribution in [0, 0.1) is 18.8 Å². The summed E-state index contributed by atoms with van der Waals surface area (Å²) in [5.74, 6) is 5.01. The number of aromatic nitrogens is 2. The van der Waals surface area contributed by atoms with Crippen LogP contribution in [-0.2, 0) is 4.74 Å². The van der Waals surface area contributed by atoms with Gasteiger partial charge in [0.1, 0.15) is 12.2 Å². The molecular formula is C13H17N3O5. The van der Waals surface area contributed by atoms with Crippen LogP contribution in [-0.4, -0.2) is 44.1 Å². The second kappa shape index (κ2) is 5.46. The van der Waals surface area contributed by atoms with Crippen LogP contribution in [0.3, 0.4) is 0 Å². The monoisotopic (exact) mass is 297 g/mol. The maximum Gasteiger partial charge on any atom is 0.330 e. The molecule has 0 radical (unpaired) electrons. The molecule has 0 bridgehead atoms. The number of aliphatic hydroxyl groups is 2. The van der Waals surface area contributed by atoms with Crippen LogP contribution in [0.1, 0.15) is 21.6 Å². The number of aliphatic hydroxyl groups excluding tert-OH is 1. The van der Waals surface area contributed by atoms with Gasteiger partial charge in [-0.1, -0.05) is 5.92 Å². The van der Waals surface area contributed by atoms with Gasteiger partial charge in [-0.05, 0) is 13.8 Å². The minimum absolute atomic E-state index is 0.183. The molecule has 8 nitrogen and oxygen atoms in total. The molecule has 1 aliphatic rings. The lowest BCUT2D eigenvalue weighted by molar-refractivity contribution is -0.0484. The Balaban J connectivity index is 2.67. The number of nitrogens with zero attached hydrogens (tertiary/aromatic N) is 1. The van der Waals surface area contributed by atoms with E-state index in [1.165, 1.54) is 13.8 Å². The standard InChI is InChI=1S/C13H17N3O5/c1-3-4-13(14)10(19)8(6-17)21-11(13)16-7(2)5-9(18)15-12(16)20/h5,8,10-11,17,19H,6,14H2,1-2H3,(H,15,18,20)/t8-,10?,11-,13-/m1/s1/i6D2. The van der Waals surface area contributed by atoms with E-state index >= 15 is 0 Å². The molecule has 0 spiro atoms. The molecule has 1 fully saturated rings. The minimum Gasteiger partial charge on any atom is -0.394 e. The Hall–Kier alpha value is -1.92. The summed E-state index contributed by atoms with van der Waals surface area (Å²) < 4.78 is 21.0. The highest BCUT2D eigenvalue weighted by Gasteiger charge is 2.54. The fourth-order valence-corrected chi connectivity index (χ4v) is 2.36. The summed E-state index contributed by atoms with van der Waals surface area (Å²) in [6.45, 7) is -0.0111. The van der Waals surface area contributed by atoms with Crippen LogP contribution in [0.2, 0.25) is 0 Å². The summed E-state index contributed by atoms with van der Waals surface area (Å²) >= 11 is 0. The third-order valence-corrected chi connectivity index (χ3v) is 3.33. The van der Waals surface area contributed by atoms with Gasteiger partial charge < -0.3 is 20.7 Å². The first-order valence-corrected chi connectivity index (χ1v) is 6.13. The maximum absolute atomic E-state index is 12.1. The van der Waals surface area contributed by atoms with Gasteiger partial charge in [-0.2, -0.15) is 0 Å². The number of aromatic amines is 1. The van der Waals surface area contributed by atoms with E-state index < -0.39 is 41.8 Å². The molecule has 1 unspecified atom stereocenters. The van der Waals surface area contributed by atoms with Crippen LogP contribution >= 0.6 is 0 Å². The van der Waals surface area contributed by atoms with Crippen LogP contribution in [0.15, 0.2) is 15.7 Å². The second-order valence-electron chi connectivity index (χ2n) is 4.74. The Morgan fingerprint density at radius 1 is 1.67 bits per heavy atom. The largest absolute Gasteiger partial charge is 0.394 e. The number of nitrogens with one attached hydrogen (secondary N) is 1. The van der Waals surface area contributed by atoms with Crippen molar-refractivity contribution in [2.45, 2.75) is 37.8 Å². The summed E-state index contributed by atoms with van der Waals surface area (Å²) in [6.07, 6.45) is -4.84. The molecule has 1 aromatic heterocycles. The van der Waals surface area contributed by atoms with Crippen molar-refractivity contribution in [3.63, 3.8) is 0 Å². The zero-order valence-electron chi connectivity index (χ0n) is 13.5. The number of rotatable bonds is 2. The van der Waals surface area contributed by atoms with Gasteiger partial charge in [-0.25, -0.2) is 4.79 Å². The summed E-state index contributed by atoms with van der Waals surface area (Å²) in [4.78, 5) is 25.5. The number of ether oxygens (including phenoxy) is 1. The predicted octanol–water partition coefficient (Wildman–Crippen LogP) is -2.18. The second-order valence-corrected chi connectivity index (χ2v) is 4.74. The Bertz CT molecular complexity index is 788. The molecule has 0 amide bonds. The number of nitrogens with two attached hydrogens (primary N) is 1. The lowest BCUT2D eigenvalue weighted by atomic mass is 9.91. The Kier molecular flexibility index (Phi) is 3.33. The van der Waals surface area contributed by atoms with Gasteiger partial charge in [0, 0.05) is 11.8 Å². The summed E-state index contributed by atoms with van der Waals surface area (Å²) in [5, 5.41) is 19.8. The third kappa shape index (κ3) is 2.41. The topological polar surface area (TPSA) is 131 Å². The molecule has 114 valence electrons. The Morgan fingerprint density at radius 3 is 2.86 bits per heavy atom. The van der Waals surface area contributed by atoms with Gasteiger partial charge in [0.15, 0.2) is 11.8 Å². The normalized spacial score (nSPS) is 33.9. The lowest BCUT2D eigenvalue weighted by Crippen LogP contribution is -2.55. The molecule has 4 atom stereocenters. The van der Waals surface area contributed by atoms with Crippen molar-refractivity contribution >= 4 is 0 Å². The smallest absolute Gasteiger partial charge is 0.330 e. The highest BCUT2D eigenvalue weighted by atomic mass is 16.5. The van der Waals surface area contributed by atoms with Gasteiger partial charge >= 0.3 is 5.69 Å². The van der Waals surface area contributed by atoms with E-state index in [1.807, 2.05) is 4.98 Å². The predicted molar refractivity (Wildman–Crippen MR) is 73.4 cm³/mol. The van der Waals surface area contributed by atoms with E-state index in [2.05, 4.69) is 11.8 Å². The van der Waals surface area contributed by atoms with Crippen LogP contribution < -0.4 is 17.0 Å². The number of hydrogen-bond donors (Lipinski definition) is 4. The van der Waals surface area contributed by atoms with Gasteiger partial charge in [0.25, 0.3) is 5.56 Å². The number of H-pyrrole nitrogens is 1. The summed E-state index contributed by atoms with van der Waals surface area (Å²) in [6, 6.07) is 1.12. The Labute approximate surface area is 123 Å². The molecule has 5 N–H and O–H groups in total. The Morgan fingerprint density at radius 2 is 2.33 bits per heavy atom. The highest BCUT2D eigenvalue weighted by molar-refractivity contribution is 5.25. The van der Waals surface area contributed by atoms with Crippen LogP contribution in [0.4, 0.5) is 0 Å².